The molecule has 1 heterocycles. The Labute approximate surface area is 102 Å². The van der Waals surface area contributed by atoms with Crippen LogP contribution in [-0.2, 0) is 14.3 Å². The molecule has 3 atom stereocenters. The quantitative estimate of drug-likeness (QED) is 0.781. The molecule has 1 aliphatic rings. The molecule has 1 saturated heterocycles. The molecule has 0 radical (unpaired) electrons. The van der Waals surface area contributed by atoms with Crippen LogP contribution in [0.3, 0.4) is 0 Å². The van der Waals surface area contributed by atoms with Crippen molar-refractivity contribution in [3.8, 4) is 0 Å². The summed E-state index contributed by atoms with van der Waals surface area (Å²) in [7, 11) is 0. The van der Waals surface area contributed by atoms with Crippen LogP contribution in [0.5, 0.6) is 0 Å². The Hall–Kier alpha value is -1.10. The van der Waals surface area contributed by atoms with E-state index in [1.165, 1.54) is 0 Å². The Morgan fingerprint density at radius 1 is 1.53 bits per heavy atom. The maximum atomic E-state index is 12.2. The molecule has 0 bridgehead atoms. The number of nitrogens with zero attached hydrogens (tertiary/aromatic N) is 1. The molecule has 0 aromatic carbocycles. The number of rotatable bonds is 5. The number of ether oxygens (including phenoxy) is 1. The monoisotopic (exact) mass is 243 g/mol. The Kier molecular flexibility index (Phi) is 4.93. The molecule has 3 unspecified atom stereocenters. The van der Waals surface area contributed by atoms with Gasteiger partial charge in [0.2, 0.25) is 5.91 Å². The average Bonchev–Trinajstić information content (AvgIpc) is 2.70. The van der Waals surface area contributed by atoms with Crippen molar-refractivity contribution in [3.63, 3.8) is 0 Å². The van der Waals surface area contributed by atoms with E-state index < -0.39 is 11.9 Å². The number of carbonyl (C=O) groups excluding carboxylic acids is 1. The van der Waals surface area contributed by atoms with Crippen LogP contribution in [-0.4, -0.2) is 47.7 Å². The standard InChI is InChI=1S/C12H21NO4/c1-4-13(7-8(2)12(15)16)11(14)10-5-6-17-9(10)3/h8-10H,4-7H2,1-3H3,(H,15,16). The zero-order chi connectivity index (χ0) is 13.0. The van der Waals surface area contributed by atoms with Gasteiger partial charge in [-0.3, -0.25) is 9.59 Å². The van der Waals surface area contributed by atoms with Gasteiger partial charge in [0.1, 0.15) is 0 Å². The lowest BCUT2D eigenvalue weighted by Crippen LogP contribution is -2.42. The van der Waals surface area contributed by atoms with Crippen LogP contribution in [0.2, 0.25) is 0 Å². The summed E-state index contributed by atoms with van der Waals surface area (Å²) in [5.74, 6) is -1.50. The number of hydrogen-bond donors (Lipinski definition) is 1. The second-order valence-corrected chi connectivity index (χ2v) is 4.59. The third-order valence-electron chi connectivity index (χ3n) is 3.30. The smallest absolute Gasteiger partial charge is 0.308 e. The first-order valence-electron chi connectivity index (χ1n) is 6.10. The molecule has 1 rings (SSSR count). The van der Waals surface area contributed by atoms with Crippen molar-refractivity contribution in [1.29, 1.82) is 0 Å². The molecule has 5 heteroatoms. The van der Waals surface area contributed by atoms with Gasteiger partial charge in [0, 0.05) is 19.7 Å². The van der Waals surface area contributed by atoms with E-state index in [0.29, 0.717) is 13.2 Å². The zero-order valence-electron chi connectivity index (χ0n) is 10.7. The molecular formula is C12H21NO4. The van der Waals surface area contributed by atoms with Gasteiger partial charge in [-0.2, -0.15) is 0 Å². The van der Waals surface area contributed by atoms with Gasteiger partial charge in [-0.25, -0.2) is 0 Å². The van der Waals surface area contributed by atoms with Crippen LogP contribution < -0.4 is 0 Å². The fourth-order valence-corrected chi connectivity index (χ4v) is 2.07. The minimum absolute atomic E-state index is 0.0191. The predicted octanol–water partition coefficient (Wildman–Crippen LogP) is 0.981. The molecule has 1 fully saturated rings. The van der Waals surface area contributed by atoms with Gasteiger partial charge in [0.05, 0.1) is 17.9 Å². The number of aliphatic carboxylic acids is 1. The predicted molar refractivity (Wildman–Crippen MR) is 62.6 cm³/mol. The van der Waals surface area contributed by atoms with Gasteiger partial charge < -0.3 is 14.7 Å². The van der Waals surface area contributed by atoms with Crippen molar-refractivity contribution in [2.24, 2.45) is 11.8 Å². The topological polar surface area (TPSA) is 66.8 Å². The number of carbonyl (C=O) groups is 2. The molecule has 0 saturated carbocycles. The molecule has 5 nitrogen and oxygen atoms in total. The van der Waals surface area contributed by atoms with Gasteiger partial charge in [0.15, 0.2) is 0 Å². The SMILES string of the molecule is CCN(CC(C)C(=O)O)C(=O)C1CCOC1C. The van der Waals surface area contributed by atoms with E-state index in [4.69, 9.17) is 9.84 Å². The lowest BCUT2D eigenvalue weighted by atomic mass is 10.00. The summed E-state index contributed by atoms with van der Waals surface area (Å²) >= 11 is 0. The fourth-order valence-electron chi connectivity index (χ4n) is 2.07. The average molecular weight is 243 g/mol. The van der Waals surface area contributed by atoms with Gasteiger partial charge in [-0.1, -0.05) is 6.92 Å². The molecule has 0 aromatic heterocycles. The molecule has 1 amide bonds. The van der Waals surface area contributed by atoms with Crippen molar-refractivity contribution in [2.45, 2.75) is 33.3 Å². The van der Waals surface area contributed by atoms with Crippen molar-refractivity contribution >= 4 is 11.9 Å². The molecule has 17 heavy (non-hydrogen) atoms. The van der Waals surface area contributed by atoms with E-state index in [-0.39, 0.29) is 24.5 Å². The van der Waals surface area contributed by atoms with E-state index in [2.05, 4.69) is 0 Å². The molecule has 0 aromatic rings. The van der Waals surface area contributed by atoms with Gasteiger partial charge >= 0.3 is 5.97 Å². The van der Waals surface area contributed by atoms with Gasteiger partial charge in [-0.05, 0) is 20.3 Å². The Morgan fingerprint density at radius 2 is 2.18 bits per heavy atom. The molecule has 1 N–H and O–H groups in total. The Bertz CT molecular complexity index is 292. The van der Waals surface area contributed by atoms with E-state index in [9.17, 15) is 9.59 Å². The number of amides is 1. The summed E-state index contributed by atoms with van der Waals surface area (Å²) in [6.45, 7) is 6.81. The molecule has 0 aliphatic carbocycles. The highest BCUT2D eigenvalue weighted by atomic mass is 16.5. The third-order valence-corrected chi connectivity index (χ3v) is 3.30. The summed E-state index contributed by atoms with van der Waals surface area (Å²) in [4.78, 5) is 24.6. The second kappa shape index (κ2) is 6.00. The second-order valence-electron chi connectivity index (χ2n) is 4.59. The molecule has 1 aliphatic heterocycles. The maximum absolute atomic E-state index is 12.2. The zero-order valence-corrected chi connectivity index (χ0v) is 10.7. The van der Waals surface area contributed by atoms with Gasteiger partial charge in [-0.15, -0.1) is 0 Å². The van der Waals surface area contributed by atoms with Crippen LogP contribution in [0, 0.1) is 11.8 Å². The van der Waals surface area contributed by atoms with E-state index >= 15 is 0 Å². The first-order valence-corrected chi connectivity index (χ1v) is 6.10. The summed E-state index contributed by atoms with van der Waals surface area (Å²) in [6, 6.07) is 0. The Balaban J connectivity index is 2.60. The van der Waals surface area contributed by atoms with Crippen LogP contribution in [0.4, 0.5) is 0 Å². The summed E-state index contributed by atoms with van der Waals surface area (Å²) in [6.07, 6.45) is 0.675. The lowest BCUT2D eigenvalue weighted by Gasteiger charge is -2.26. The summed E-state index contributed by atoms with van der Waals surface area (Å²) in [5, 5.41) is 8.86. The lowest BCUT2D eigenvalue weighted by molar-refractivity contribution is -0.144. The van der Waals surface area contributed by atoms with Crippen LogP contribution in [0.25, 0.3) is 0 Å². The normalized spacial score (nSPS) is 25.6. The summed E-state index contributed by atoms with van der Waals surface area (Å²) in [5.41, 5.74) is 0. The van der Waals surface area contributed by atoms with Crippen molar-refractivity contribution in [1.82, 2.24) is 4.90 Å². The fraction of sp³-hybridized carbons (Fsp3) is 0.833. The molecule has 98 valence electrons. The first kappa shape index (κ1) is 14.0. The van der Waals surface area contributed by atoms with E-state index in [1.54, 1.807) is 11.8 Å². The molecule has 0 spiro atoms. The number of hydrogen-bond acceptors (Lipinski definition) is 3. The van der Waals surface area contributed by atoms with Crippen LogP contribution >= 0.6 is 0 Å². The maximum Gasteiger partial charge on any atom is 0.308 e. The highest BCUT2D eigenvalue weighted by Crippen LogP contribution is 2.23. The van der Waals surface area contributed by atoms with Crippen molar-refractivity contribution in [3.05, 3.63) is 0 Å². The largest absolute Gasteiger partial charge is 0.481 e. The minimum Gasteiger partial charge on any atom is -0.481 e. The highest BCUT2D eigenvalue weighted by Gasteiger charge is 2.34. The highest BCUT2D eigenvalue weighted by molar-refractivity contribution is 5.80. The summed E-state index contributed by atoms with van der Waals surface area (Å²) < 4.78 is 5.37. The minimum atomic E-state index is -0.869. The number of carboxylic acid groups (broad SMARTS) is 1. The van der Waals surface area contributed by atoms with Crippen molar-refractivity contribution in [2.75, 3.05) is 19.7 Å². The number of carboxylic acids is 1. The van der Waals surface area contributed by atoms with E-state index in [0.717, 1.165) is 6.42 Å². The Morgan fingerprint density at radius 3 is 2.59 bits per heavy atom. The molecular weight excluding hydrogens is 222 g/mol. The third kappa shape index (κ3) is 3.43. The first-order chi connectivity index (χ1) is 7.97. The van der Waals surface area contributed by atoms with E-state index in [1.807, 2.05) is 13.8 Å². The van der Waals surface area contributed by atoms with Gasteiger partial charge in [0.25, 0.3) is 0 Å². The van der Waals surface area contributed by atoms with Crippen LogP contribution in [0.15, 0.2) is 0 Å². The van der Waals surface area contributed by atoms with Crippen molar-refractivity contribution < 1.29 is 19.4 Å². The van der Waals surface area contributed by atoms with Crippen LogP contribution in [0.1, 0.15) is 27.2 Å².